The number of nitrogens with zero attached hydrogens (tertiary/aromatic N) is 3. The first-order chi connectivity index (χ1) is 22.3. The van der Waals surface area contributed by atoms with Crippen LogP contribution in [-0.2, 0) is 0 Å². The van der Waals surface area contributed by atoms with E-state index in [-0.39, 0.29) is 0 Å². The Bertz CT molecular complexity index is 2750. The van der Waals surface area contributed by atoms with Crippen LogP contribution in [0.25, 0.3) is 94.1 Å². The SMILES string of the molecule is c1ccc(-c2nc(-c3ccc(-n4c5ccccc5c5ccc6c7ccccc7oc6c54)cc3)c3oc4ccccc4c3n2)cc1. The molecule has 0 aliphatic rings. The molecule has 0 N–H and O–H groups in total. The predicted octanol–water partition coefficient (Wildman–Crippen LogP) is 10.7. The lowest BCUT2D eigenvalue weighted by atomic mass is 10.1. The third-order valence-corrected chi connectivity index (χ3v) is 8.83. The van der Waals surface area contributed by atoms with Crippen LogP contribution >= 0.6 is 0 Å². The van der Waals surface area contributed by atoms with Crippen LogP contribution in [0.15, 0.2) is 148 Å². The first-order valence-electron chi connectivity index (χ1n) is 15.0. The second-order valence-corrected chi connectivity index (χ2v) is 11.4. The summed E-state index contributed by atoms with van der Waals surface area (Å²) in [7, 11) is 0. The van der Waals surface area contributed by atoms with Crippen molar-refractivity contribution in [1.29, 1.82) is 0 Å². The van der Waals surface area contributed by atoms with Gasteiger partial charge in [0.1, 0.15) is 22.4 Å². The van der Waals surface area contributed by atoms with E-state index in [0.29, 0.717) is 11.4 Å². The number of furan rings is 2. The first kappa shape index (κ1) is 24.3. The molecule has 6 aromatic carbocycles. The largest absolute Gasteiger partial charge is 0.454 e. The van der Waals surface area contributed by atoms with Gasteiger partial charge in [-0.2, -0.15) is 0 Å². The van der Waals surface area contributed by atoms with Gasteiger partial charge < -0.3 is 13.4 Å². The van der Waals surface area contributed by atoms with E-state index in [9.17, 15) is 0 Å². The fourth-order valence-corrected chi connectivity index (χ4v) is 6.77. The van der Waals surface area contributed by atoms with E-state index >= 15 is 0 Å². The summed E-state index contributed by atoms with van der Waals surface area (Å²) >= 11 is 0. The highest BCUT2D eigenvalue weighted by Gasteiger charge is 2.21. The van der Waals surface area contributed by atoms with Crippen LogP contribution in [0.1, 0.15) is 0 Å². The average molecular weight is 578 g/mol. The maximum absolute atomic E-state index is 6.53. The number of para-hydroxylation sites is 3. The van der Waals surface area contributed by atoms with Gasteiger partial charge in [0.25, 0.3) is 0 Å². The van der Waals surface area contributed by atoms with Crippen molar-refractivity contribution in [1.82, 2.24) is 14.5 Å². The van der Waals surface area contributed by atoms with Crippen LogP contribution < -0.4 is 0 Å². The molecule has 0 spiro atoms. The lowest BCUT2D eigenvalue weighted by Crippen LogP contribution is -1.96. The van der Waals surface area contributed by atoms with Crippen molar-refractivity contribution in [3.05, 3.63) is 140 Å². The van der Waals surface area contributed by atoms with Crippen molar-refractivity contribution < 1.29 is 8.83 Å². The standard InChI is InChI=1S/C40H23N3O2/c1-2-10-25(11-3-1)40-41-35(39-36(42-40)31-14-6-9-17-34(31)45-39)24-18-20-26(21-19-24)43-32-15-7-4-12-27(32)29-22-23-30-28-13-5-8-16-33(28)44-38(30)37(29)43/h1-23H. The third-order valence-electron chi connectivity index (χ3n) is 8.83. The molecule has 210 valence electrons. The summed E-state index contributed by atoms with van der Waals surface area (Å²) in [5.74, 6) is 0.670. The van der Waals surface area contributed by atoms with Crippen molar-refractivity contribution in [2.24, 2.45) is 0 Å². The van der Waals surface area contributed by atoms with Gasteiger partial charge >= 0.3 is 0 Å². The van der Waals surface area contributed by atoms with Crippen molar-refractivity contribution in [2.45, 2.75) is 0 Å². The molecule has 0 aliphatic heterocycles. The highest BCUT2D eigenvalue weighted by atomic mass is 16.3. The van der Waals surface area contributed by atoms with Crippen molar-refractivity contribution in [2.75, 3.05) is 0 Å². The van der Waals surface area contributed by atoms with Gasteiger partial charge in [-0.15, -0.1) is 0 Å². The zero-order chi connectivity index (χ0) is 29.5. The van der Waals surface area contributed by atoms with Crippen LogP contribution in [0.5, 0.6) is 0 Å². The molecule has 0 radical (unpaired) electrons. The van der Waals surface area contributed by atoms with E-state index in [1.165, 1.54) is 5.39 Å². The Morgan fingerprint density at radius 2 is 1.09 bits per heavy atom. The number of benzene rings is 6. The monoisotopic (exact) mass is 577 g/mol. The molecule has 10 rings (SSSR count). The fourth-order valence-electron chi connectivity index (χ4n) is 6.77. The van der Waals surface area contributed by atoms with Crippen molar-refractivity contribution in [3.8, 4) is 28.3 Å². The van der Waals surface area contributed by atoms with Gasteiger partial charge in [0.15, 0.2) is 17.0 Å². The van der Waals surface area contributed by atoms with Crippen molar-refractivity contribution in [3.63, 3.8) is 0 Å². The number of fused-ring (bicyclic) bond motifs is 10. The molecule has 0 amide bonds. The van der Waals surface area contributed by atoms with Crippen LogP contribution in [0, 0.1) is 0 Å². The quantitative estimate of drug-likeness (QED) is 0.210. The minimum absolute atomic E-state index is 0.670. The molecule has 0 saturated carbocycles. The molecular formula is C40H23N3O2. The minimum Gasteiger partial charge on any atom is -0.454 e. The minimum atomic E-state index is 0.670. The predicted molar refractivity (Wildman–Crippen MR) is 182 cm³/mol. The number of hydrogen-bond donors (Lipinski definition) is 0. The topological polar surface area (TPSA) is 57.0 Å². The van der Waals surface area contributed by atoms with Gasteiger partial charge in [0.05, 0.1) is 11.0 Å². The van der Waals surface area contributed by atoms with E-state index in [1.807, 2.05) is 60.7 Å². The van der Waals surface area contributed by atoms with Crippen LogP contribution in [0.2, 0.25) is 0 Å². The van der Waals surface area contributed by atoms with Gasteiger partial charge in [-0.3, -0.25) is 0 Å². The van der Waals surface area contributed by atoms with Gasteiger partial charge in [-0.25, -0.2) is 9.97 Å². The zero-order valence-corrected chi connectivity index (χ0v) is 23.9. The summed E-state index contributed by atoms with van der Waals surface area (Å²) in [4.78, 5) is 10.0. The maximum Gasteiger partial charge on any atom is 0.180 e. The molecule has 0 fully saturated rings. The average Bonchev–Trinajstić information content (AvgIpc) is 3.78. The molecule has 0 unspecified atom stereocenters. The maximum atomic E-state index is 6.53. The summed E-state index contributed by atoms with van der Waals surface area (Å²) in [5.41, 5.74) is 9.98. The molecule has 0 saturated heterocycles. The van der Waals surface area contributed by atoms with Gasteiger partial charge in [0, 0.05) is 43.7 Å². The molecule has 5 nitrogen and oxygen atoms in total. The summed E-state index contributed by atoms with van der Waals surface area (Å²) in [6.07, 6.45) is 0. The second-order valence-electron chi connectivity index (χ2n) is 11.4. The van der Waals surface area contributed by atoms with E-state index in [4.69, 9.17) is 18.8 Å². The molecule has 4 aromatic heterocycles. The smallest absolute Gasteiger partial charge is 0.180 e. The van der Waals surface area contributed by atoms with Gasteiger partial charge in [0.2, 0.25) is 0 Å². The van der Waals surface area contributed by atoms with E-state index in [1.54, 1.807) is 0 Å². The Hall–Kier alpha value is -6.20. The molecule has 10 aromatic rings. The Morgan fingerprint density at radius 1 is 0.444 bits per heavy atom. The van der Waals surface area contributed by atoms with Crippen molar-refractivity contribution >= 4 is 65.8 Å². The summed E-state index contributed by atoms with van der Waals surface area (Å²) < 4.78 is 15.2. The van der Waals surface area contributed by atoms with Gasteiger partial charge in [-0.1, -0.05) is 97.1 Å². The molecule has 4 heterocycles. The van der Waals surface area contributed by atoms with Crippen LogP contribution in [-0.4, -0.2) is 14.5 Å². The molecule has 0 bridgehead atoms. The first-order valence-corrected chi connectivity index (χ1v) is 15.0. The third kappa shape index (κ3) is 3.49. The Morgan fingerprint density at radius 3 is 1.91 bits per heavy atom. The highest BCUT2D eigenvalue weighted by molar-refractivity contribution is 6.21. The number of aromatic nitrogens is 3. The van der Waals surface area contributed by atoms with E-state index in [2.05, 4.69) is 83.4 Å². The normalized spacial score (nSPS) is 12.0. The fraction of sp³-hybridized carbons (Fsp3) is 0. The molecular weight excluding hydrogens is 554 g/mol. The second kappa shape index (κ2) is 9.15. The molecule has 5 heteroatoms. The summed E-state index contributed by atoms with van der Waals surface area (Å²) in [6.45, 7) is 0. The lowest BCUT2D eigenvalue weighted by Gasteiger charge is -2.10. The zero-order valence-electron chi connectivity index (χ0n) is 23.9. The summed E-state index contributed by atoms with van der Waals surface area (Å²) in [5, 5.41) is 5.56. The van der Waals surface area contributed by atoms with Crippen LogP contribution in [0.3, 0.4) is 0 Å². The number of rotatable bonds is 3. The molecule has 45 heavy (non-hydrogen) atoms. The Balaban J connectivity index is 1.22. The Kier molecular flexibility index (Phi) is 4.93. The van der Waals surface area contributed by atoms with E-state index in [0.717, 1.165) is 77.4 Å². The highest BCUT2D eigenvalue weighted by Crippen LogP contribution is 2.41. The lowest BCUT2D eigenvalue weighted by molar-refractivity contribution is 0.667. The van der Waals surface area contributed by atoms with Gasteiger partial charge in [-0.05, 0) is 42.5 Å². The number of hydrogen-bond acceptors (Lipinski definition) is 4. The molecule has 0 aliphatic carbocycles. The van der Waals surface area contributed by atoms with Crippen LogP contribution in [0.4, 0.5) is 0 Å². The van der Waals surface area contributed by atoms with E-state index < -0.39 is 0 Å². The summed E-state index contributed by atoms with van der Waals surface area (Å²) in [6, 6.07) is 47.9. The Labute approximate surface area is 256 Å². The molecule has 0 atom stereocenters.